The van der Waals surface area contributed by atoms with Crippen LogP contribution in [0.25, 0.3) is 0 Å². The van der Waals surface area contributed by atoms with Crippen LogP contribution in [0.1, 0.15) is 26.3 Å². The van der Waals surface area contributed by atoms with E-state index in [-0.39, 0.29) is 0 Å². The molecule has 0 saturated carbocycles. The molecule has 0 aliphatic carbocycles. The molecule has 3 nitrogen and oxygen atoms in total. The molecule has 90 valence electrons. The minimum absolute atomic E-state index is 0.528. The van der Waals surface area contributed by atoms with Crippen LogP contribution >= 0.6 is 0 Å². The van der Waals surface area contributed by atoms with Crippen molar-refractivity contribution in [2.45, 2.75) is 33.2 Å². The molecule has 1 rings (SSSR count). The summed E-state index contributed by atoms with van der Waals surface area (Å²) >= 11 is 0. The molecule has 0 saturated heterocycles. The van der Waals surface area contributed by atoms with Crippen LogP contribution in [0.4, 0.5) is 5.69 Å². The Hall–Kier alpha value is -1.22. The molecule has 0 spiro atoms. The van der Waals surface area contributed by atoms with E-state index in [1.54, 1.807) is 0 Å². The summed E-state index contributed by atoms with van der Waals surface area (Å²) in [5.41, 5.74) is 7.86. The van der Waals surface area contributed by atoms with Crippen LogP contribution in [0.5, 0.6) is 5.75 Å². The van der Waals surface area contributed by atoms with E-state index in [2.05, 4.69) is 25.2 Å². The van der Waals surface area contributed by atoms with E-state index in [9.17, 15) is 0 Å². The third-order valence-electron chi connectivity index (χ3n) is 2.34. The molecule has 0 radical (unpaired) electrons. The Kier molecular flexibility index (Phi) is 5.12. The lowest BCUT2D eigenvalue weighted by atomic mass is 10.1. The zero-order chi connectivity index (χ0) is 12.0. The Morgan fingerprint density at radius 3 is 2.69 bits per heavy atom. The molecule has 0 heterocycles. The van der Waals surface area contributed by atoms with Gasteiger partial charge in [0.2, 0.25) is 0 Å². The normalized spacial score (nSPS) is 10.8. The fourth-order valence-corrected chi connectivity index (χ4v) is 1.55. The molecule has 0 aliphatic heterocycles. The Morgan fingerprint density at radius 1 is 1.38 bits per heavy atom. The molecule has 1 aromatic rings. The van der Waals surface area contributed by atoms with E-state index in [0.29, 0.717) is 12.6 Å². The van der Waals surface area contributed by atoms with Crippen LogP contribution in [-0.2, 0) is 6.42 Å². The molecule has 0 aliphatic rings. The first-order valence-corrected chi connectivity index (χ1v) is 5.88. The number of nitrogens with one attached hydrogen (secondary N) is 1. The quantitative estimate of drug-likeness (QED) is 0.725. The van der Waals surface area contributed by atoms with Gasteiger partial charge in [-0.25, -0.2) is 0 Å². The summed E-state index contributed by atoms with van der Waals surface area (Å²) in [6.45, 7) is 7.88. The lowest BCUT2D eigenvalue weighted by molar-refractivity contribution is 0.342. The van der Waals surface area contributed by atoms with Gasteiger partial charge in [-0.1, -0.05) is 19.9 Å². The highest BCUT2D eigenvalue weighted by molar-refractivity contribution is 5.54. The van der Waals surface area contributed by atoms with Gasteiger partial charge in [0.25, 0.3) is 0 Å². The summed E-state index contributed by atoms with van der Waals surface area (Å²) in [7, 11) is 0. The zero-order valence-electron chi connectivity index (χ0n) is 10.4. The first-order valence-electron chi connectivity index (χ1n) is 5.88. The van der Waals surface area contributed by atoms with Gasteiger partial charge in [-0.3, -0.25) is 0 Å². The molecule has 16 heavy (non-hydrogen) atoms. The predicted molar refractivity (Wildman–Crippen MR) is 68.9 cm³/mol. The van der Waals surface area contributed by atoms with Crippen molar-refractivity contribution in [1.82, 2.24) is 5.32 Å². The Balaban J connectivity index is 2.52. The average molecular weight is 222 g/mol. The Bertz CT molecular complexity index is 324. The number of nitrogens with two attached hydrogens (primary N) is 1. The van der Waals surface area contributed by atoms with Crippen LogP contribution in [0.2, 0.25) is 0 Å². The van der Waals surface area contributed by atoms with Crippen molar-refractivity contribution in [3.05, 3.63) is 23.8 Å². The molecule has 0 atom stereocenters. The summed E-state index contributed by atoms with van der Waals surface area (Å²) in [6.07, 6.45) is 0.995. The molecular weight excluding hydrogens is 200 g/mol. The summed E-state index contributed by atoms with van der Waals surface area (Å²) in [5.74, 6) is 0.781. The van der Waals surface area contributed by atoms with Gasteiger partial charge in [-0.05, 0) is 37.6 Å². The van der Waals surface area contributed by atoms with Crippen molar-refractivity contribution in [2.75, 3.05) is 18.9 Å². The third kappa shape index (κ3) is 4.11. The maximum atomic E-state index is 5.89. The van der Waals surface area contributed by atoms with Gasteiger partial charge < -0.3 is 15.8 Å². The van der Waals surface area contributed by atoms with Crippen LogP contribution in [0.15, 0.2) is 18.2 Å². The molecule has 0 fully saturated rings. The molecule has 0 aromatic heterocycles. The molecule has 3 N–H and O–H groups in total. The first kappa shape index (κ1) is 12.8. The minimum Gasteiger partial charge on any atom is -0.492 e. The van der Waals surface area contributed by atoms with Gasteiger partial charge in [0.05, 0.1) is 12.3 Å². The maximum Gasteiger partial charge on any atom is 0.142 e. The van der Waals surface area contributed by atoms with Gasteiger partial charge >= 0.3 is 0 Å². The predicted octanol–water partition coefficient (Wildman–Crippen LogP) is 2.21. The standard InChI is InChI=1S/C13H22N2O/c1-4-16-13-6-5-11(9-12(13)14)7-8-15-10(2)3/h5-6,9-10,15H,4,7-8,14H2,1-3H3. The molecular formula is C13H22N2O. The summed E-state index contributed by atoms with van der Waals surface area (Å²) < 4.78 is 5.39. The van der Waals surface area contributed by atoms with Crippen LogP contribution in [-0.4, -0.2) is 19.2 Å². The lowest BCUT2D eigenvalue weighted by Gasteiger charge is -2.10. The largest absolute Gasteiger partial charge is 0.492 e. The van der Waals surface area contributed by atoms with Gasteiger partial charge in [0.1, 0.15) is 5.75 Å². The second-order valence-electron chi connectivity index (χ2n) is 4.16. The number of hydrogen-bond donors (Lipinski definition) is 2. The highest BCUT2D eigenvalue weighted by atomic mass is 16.5. The highest BCUT2D eigenvalue weighted by Gasteiger charge is 2.01. The van der Waals surface area contributed by atoms with E-state index in [1.807, 2.05) is 19.1 Å². The van der Waals surface area contributed by atoms with Crippen LogP contribution < -0.4 is 15.8 Å². The van der Waals surface area contributed by atoms with Crippen molar-refractivity contribution in [3.63, 3.8) is 0 Å². The monoisotopic (exact) mass is 222 g/mol. The summed E-state index contributed by atoms with van der Waals surface area (Å²) in [4.78, 5) is 0. The molecule has 1 aromatic carbocycles. The van der Waals surface area contributed by atoms with Crippen molar-refractivity contribution in [2.24, 2.45) is 0 Å². The van der Waals surface area contributed by atoms with E-state index in [1.165, 1.54) is 5.56 Å². The number of ether oxygens (including phenoxy) is 1. The van der Waals surface area contributed by atoms with Gasteiger partial charge in [0, 0.05) is 6.04 Å². The SMILES string of the molecule is CCOc1ccc(CCNC(C)C)cc1N. The van der Waals surface area contributed by atoms with Gasteiger partial charge in [-0.2, -0.15) is 0 Å². The minimum atomic E-state index is 0.528. The highest BCUT2D eigenvalue weighted by Crippen LogP contribution is 2.22. The summed E-state index contributed by atoms with van der Waals surface area (Å²) in [6, 6.07) is 6.54. The topological polar surface area (TPSA) is 47.3 Å². The summed E-state index contributed by atoms with van der Waals surface area (Å²) in [5, 5.41) is 3.38. The Labute approximate surface area is 98.0 Å². The average Bonchev–Trinajstić information content (AvgIpc) is 2.21. The number of anilines is 1. The van der Waals surface area contributed by atoms with E-state index in [0.717, 1.165) is 24.4 Å². The fourth-order valence-electron chi connectivity index (χ4n) is 1.55. The van der Waals surface area contributed by atoms with Gasteiger partial charge in [0.15, 0.2) is 0 Å². The van der Waals surface area contributed by atoms with Crippen molar-refractivity contribution < 1.29 is 4.74 Å². The molecule has 0 amide bonds. The first-order chi connectivity index (χ1) is 7.63. The number of rotatable bonds is 6. The number of benzene rings is 1. The third-order valence-corrected chi connectivity index (χ3v) is 2.34. The van der Waals surface area contributed by atoms with E-state index in [4.69, 9.17) is 10.5 Å². The van der Waals surface area contributed by atoms with E-state index >= 15 is 0 Å². The second-order valence-corrected chi connectivity index (χ2v) is 4.16. The van der Waals surface area contributed by atoms with Gasteiger partial charge in [-0.15, -0.1) is 0 Å². The van der Waals surface area contributed by atoms with Crippen molar-refractivity contribution >= 4 is 5.69 Å². The molecule has 0 bridgehead atoms. The number of nitrogen functional groups attached to an aromatic ring is 1. The molecule has 3 heteroatoms. The fraction of sp³-hybridized carbons (Fsp3) is 0.538. The number of hydrogen-bond acceptors (Lipinski definition) is 3. The lowest BCUT2D eigenvalue weighted by Crippen LogP contribution is -2.24. The van der Waals surface area contributed by atoms with E-state index < -0.39 is 0 Å². The maximum absolute atomic E-state index is 5.89. The van der Waals surface area contributed by atoms with Crippen LogP contribution in [0, 0.1) is 0 Å². The van der Waals surface area contributed by atoms with Crippen molar-refractivity contribution in [1.29, 1.82) is 0 Å². The smallest absolute Gasteiger partial charge is 0.142 e. The zero-order valence-corrected chi connectivity index (χ0v) is 10.4. The molecule has 0 unspecified atom stereocenters. The Morgan fingerprint density at radius 2 is 2.12 bits per heavy atom. The second kappa shape index (κ2) is 6.38. The van der Waals surface area contributed by atoms with Crippen LogP contribution in [0.3, 0.4) is 0 Å². The van der Waals surface area contributed by atoms with Crippen molar-refractivity contribution in [3.8, 4) is 5.75 Å².